The van der Waals surface area contributed by atoms with E-state index in [1.54, 1.807) is 34.6 Å². The van der Waals surface area contributed by atoms with Gasteiger partial charge in [0.1, 0.15) is 12.0 Å². The van der Waals surface area contributed by atoms with Crippen LogP contribution in [0.1, 0.15) is 47.5 Å². The van der Waals surface area contributed by atoms with E-state index in [-0.39, 0.29) is 18.8 Å². The Morgan fingerprint density at radius 1 is 1.16 bits per heavy atom. The third kappa shape index (κ3) is 8.18. The molecule has 1 amide bonds. The molecule has 6 nitrogen and oxygen atoms in total. The van der Waals surface area contributed by atoms with Crippen molar-refractivity contribution in [3.63, 3.8) is 0 Å². The molecule has 0 saturated heterocycles. The first kappa shape index (κ1) is 17.4. The smallest absolute Gasteiger partial charge is 0.408 e. The highest BCUT2D eigenvalue weighted by molar-refractivity contribution is 5.99. The van der Waals surface area contributed by atoms with E-state index in [1.807, 2.05) is 0 Å². The zero-order valence-electron chi connectivity index (χ0n) is 12.2. The van der Waals surface area contributed by atoms with E-state index in [1.165, 1.54) is 0 Å². The van der Waals surface area contributed by atoms with Gasteiger partial charge in [-0.1, -0.05) is 6.92 Å². The molecule has 0 spiro atoms. The van der Waals surface area contributed by atoms with E-state index in [4.69, 9.17) is 4.74 Å². The molecule has 6 heteroatoms. The van der Waals surface area contributed by atoms with Crippen LogP contribution >= 0.6 is 0 Å². The van der Waals surface area contributed by atoms with Gasteiger partial charge in [-0.25, -0.2) is 4.79 Å². The molecule has 0 saturated carbocycles. The number of hydrogen-bond donors (Lipinski definition) is 1. The quantitative estimate of drug-likeness (QED) is 0.589. The van der Waals surface area contributed by atoms with Gasteiger partial charge in [0.2, 0.25) is 0 Å². The number of carbonyl (C=O) groups excluding carboxylic acids is 3. The van der Waals surface area contributed by atoms with E-state index in [0.29, 0.717) is 6.42 Å². The van der Waals surface area contributed by atoms with Crippen molar-refractivity contribution in [2.75, 3.05) is 6.61 Å². The second-order valence-electron chi connectivity index (χ2n) is 5.06. The van der Waals surface area contributed by atoms with Gasteiger partial charge in [0, 0.05) is 0 Å². The van der Waals surface area contributed by atoms with E-state index in [9.17, 15) is 14.4 Å². The van der Waals surface area contributed by atoms with Crippen LogP contribution in [0.25, 0.3) is 0 Å². The largest absolute Gasteiger partial charge is 0.466 e. The van der Waals surface area contributed by atoms with Gasteiger partial charge < -0.3 is 14.8 Å². The molecular weight excluding hydrogens is 250 g/mol. The van der Waals surface area contributed by atoms with E-state index in [0.717, 1.165) is 0 Å². The molecule has 1 N–H and O–H groups in total. The number of ether oxygens (including phenoxy) is 2. The fourth-order valence-electron chi connectivity index (χ4n) is 1.34. The number of nitrogens with one attached hydrogen (secondary N) is 1. The van der Waals surface area contributed by atoms with Crippen molar-refractivity contribution in [3.8, 4) is 0 Å². The van der Waals surface area contributed by atoms with Crippen LogP contribution in [0.3, 0.4) is 0 Å². The van der Waals surface area contributed by atoms with Crippen molar-refractivity contribution in [3.05, 3.63) is 0 Å². The zero-order valence-corrected chi connectivity index (χ0v) is 12.2. The van der Waals surface area contributed by atoms with Crippen LogP contribution in [0.2, 0.25) is 0 Å². The van der Waals surface area contributed by atoms with Gasteiger partial charge in [-0.15, -0.1) is 0 Å². The van der Waals surface area contributed by atoms with Crippen molar-refractivity contribution < 1.29 is 23.9 Å². The maximum atomic E-state index is 11.8. The minimum atomic E-state index is -0.737. The molecule has 0 aromatic heterocycles. The SMILES string of the molecule is CCOC(=O)CC(=O)[C@H](CC)NC(=O)OC(C)(C)C. The molecule has 110 valence electrons. The molecule has 0 bridgehead atoms. The molecular formula is C13H23NO5. The summed E-state index contributed by atoms with van der Waals surface area (Å²) < 4.78 is 9.74. The lowest BCUT2D eigenvalue weighted by molar-refractivity contribution is -0.146. The lowest BCUT2D eigenvalue weighted by Crippen LogP contribution is -2.43. The minimum Gasteiger partial charge on any atom is -0.466 e. The zero-order chi connectivity index (χ0) is 15.1. The summed E-state index contributed by atoms with van der Waals surface area (Å²) in [5.41, 5.74) is -0.632. The highest BCUT2D eigenvalue weighted by Crippen LogP contribution is 2.08. The molecule has 19 heavy (non-hydrogen) atoms. The third-order valence-corrected chi connectivity index (χ3v) is 2.11. The number of alkyl carbamates (subject to hydrolysis) is 1. The van der Waals surface area contributed by atoms with Crippen molar-refractivity contribution in [2.45, 2.75) is 59.1 Å². The number of carbonyl (C=O) groups is 3. The van der Waals surface area contributed by atoms with Gasteiger partial charge in [0.05, 0.1) is 12.6 Å². The summed E-state index contributed by atoms with van der Waals surface area (Å²) in [6.07, 6.45) is -0.629. The van der Waals surface area contributed by atoms with Crippen molar-refractivity contribution in [1.29, 1.82) is 0 Å². The molecule has 0 aromatic carbocycles. The molecule has 0 rings (SSSR count). The summed E-state index contributed by atoms with van der Waals surface area (Å²) in [6, 6.07) is -0.737. The van der Waals surface area contributed by atoms with E-state index < -0.39 is 23.7 Å². The van der Waals surface area contributed by atoms with Gasteiger partial charge >= 0.3 is 12.1 Å². The maximum Gasteiger partial charge on any atom is 0.408 e. The average molecular weight is 273 g/mol. The molecule has 0 aromatic rings. The summed E-state index contributed by atoms with van der Waals surface area (Å²) >= 11 is 0. The lowest BCUT2D eigenvalue weighted by Gasteiger charge is -2.22. The summed E-state index contributed by atoms with van der Waals surface area (Å²) in [7, 11) is 0. The molecule has 0 fully saturated rings. The second kappa shape index (κ2) is 7.76. The molecule has 0 aliphatic rings. The standard InChI is InChI=1S/C13H23NO5/c1-6-9(10(15)8-11(16)18-7-2)14-12(17)19-13(3,4)5/h9H,6-8H2,1-5H3,(H,14,17)/t9-/m0/s1. The third-order valence-electron chi connectivity index (χ3n) is 2.11. The first-order valence-corrected chi connectivity index (χ1v) is 6.37. The number of rotatable bonds is 6. The van der Waals surface area contributed by atoms with Gasteiger partial charge in [0.15, 0.2) is 5.78 Å². The number of ketones is 1. The maximum absolute atomic E-state index is 11.8. The van der Waals surface area contributed by atoms with Crippen LogP contribution < -0.4 is 5.32 Å². The summed E-state index contributed by atoms with van der Waals surface area (Å²) in [5.74, 6) is -0.969. The average Bonchev–Trinajstić information content (AvgIpc) is 2.23. The van der Waals surface area contributed by atoms with E-state index >= 15 is 0 Å². The number of Topliss-reactive ketones (excluding diaryl/α,β-unsaturated/α-hetero) is 1. The predicted molar refractivity (Wildman–Crippen MR) is 69.7 cm³/mol. The molecule has 0 aliphatic heterocycles. The Morgan fingerprint density at radius 2 is 1.74 bits per heavy atom. The Kier molecular flexibility index (Phi) is 7.11. The Labute approximate surface area is 113 Å². The molecule has 0 aliphatic carbocycles. The fourth-order valence-corrected chi connectivity index (χ4v) is 1.34. The van der Waals surface area contributed by atoms with Crippen molar-refractivity contribution >= 4 is 17.8 Å². The first-order valence-electron chi connectivity index (χ1n) is 6.37. The van der Waals surface area contributed by atoms with Crippen molar-refractivity contribution in [1.82, 2.24) is 5.32 Å². The van der Waals surface area contributed by atoms with Crippen LogP contribution in [0.4, 0.5) is 4.79 Å². The number of esters is 1. The normalized spacial score (nSPS) is 12.5. The van der Waals surface area contributed by atoms with E-state index in [2.05, 4.69) is 10.1 Å². The second-order valence-corrected chi connectivity index (χ2v) is 5.06. The Balaban J connectivity index is 4.37. The minimum absolute atomic E-state index is 0.225. The fraction of sp³-hybridized carbons (Fsp3) is 0.769. The lowest BCUT2D eigenvalue weighted by atomic mass is 10.1. The van der Waals surface area contributed by atoms with Crippen LogP contribution in [0, 0.1) is 0 Å². The van der Waals surface area contributed by atoms with Gasteiger partial charge in [-0.2, -0.15) is 0 Å². The highest BCUT2D eigenvalue weighted by Gasteiger charge is 2.24. The Hall–Kier alpha value is -1.59. The Morgan fingerprint density at radius 3 is 2.16 bits per heavy atom. The van der Waals surface area contributed by atoms with Crippen LogP contribution in [0.5, 0.6) is 0 Å². The van der Waals surface area contributed by atoms with Crippen LogP contribution in [-0.4, -0.2) is 36.1 Å². The summed E-state index contributed by atoms with van der Waals surface area (Å²) in [4.78, 5) is 34.5. The van der Waals surface area contributed by atoms with Crippen LogP contribution in [0.15, 0.2) is 0 Å². The molecule has 0 heterocycles. The predicted octanol–water partition coefficient (Wildman–Crippen LogP) is 1.81. The number of hydrogen-bond acceptors (Lipinski definition) is 5. The molecule has 1 atom stereocenters. The van der Waals surface area contributed by atoms with Gasteiger partial charge in [-0.05, 0) is 34.1 Å². The highest BCUT2D eigenvalue weighted by atomic mass is 16.6. The number of amides is 1. The summed E-state index contributed by atoms with van der Waals surface area (Å²) in [5, 5.41) is 2.45. The topological polar surface area (TPSA) is 81.7 Å². The molecule has 0 unspecified atom stereocenters. The van der Waals surface area contributed by atoms with Gasteiger partial charge in [-0.3, -0.25) is 9.59 Å². The van der Waals surface area contributed by atoms with Crippen molar-refractivity contribution in [2.24, 2.45) is 0 Å². The first-order chi connectivity index (χ1) is 8.69. The van der Waals surface area contributed by atoms with Crippen LogP contribution in [-0.2, 0) is 19.1 Å². The van der Waals surface area contributed by atoms with Gasteiger partial charge in [0.25, 0.3) is 0 Å². The molecule has 0 radical (unpaired) electrons. The monoisotopic (exact) mass is 273 g/mol. The summed E-state index contributed by atoms with van der Waals surface area (Å²) in [6.45, 7) is 8.82. The Bertz CT molecular complexity index is 332.